The highest BCUT2D eigenvalue weighted by atomic mass is 16.2. The number of fused-ring (bicyclic) bond motifs is 6. The zero-order valence-electron chi connectivity index (χ0n) is 12.9. The van der Waals surface area contributed by atoms with E-state index in [0.29, 0.717) is 0 Å². The van der Waals surface area contributed by atoms with Crippen molar-refractivity contribution in [2.45, 2.75) is 13.3 Å². The van der Waals surface area contributed by atoms with Crippen LogP contribution in [0.25, 0.3) is 10.8 Å². The van der Waals surface area contributed by atoms with Gasteiger partial charge in [-0.05, 0) is 36.6 Å². The third-order valence-electron chi connectivity index (χ3n) is 5.89. The van der Waals surface area contributed by atoms with Gasteiger partial charge in [-0.3, -0.25) is 9.59 Å². The minimum absolute atomic E-state index is 0.00342. The number of carbonyl (C=O) groups is 2. The second-order valence-electron chi connectivity index (χ2n) is 6.98. The molecule has 2 amide bonds. The van der Waals surface area contributed by atoms with E-state index in [1.54, 1.807) is 0 Å². The zero-order valence-corrected chi connectivity index (χ0v) is 12.9. The molecule has 1 saturated carbocycles. The lowest BCUT2D eigenvalue weighted by molar-refractivity contribution is -0.123. The van der Waals surface area contributed by atoms with Gasteiger partial charge in [-0.1, -0.05) is 48.0 Å². The van der Waals surface area contributed by atoms with Gasteiger partial charge in [0.05, 0.1) is 17.5 Å². The van der Waals surface area contributed by atoms with Gasteiger partial charge < -0.3 is 0 Å². The lowest BCUT2D eigenvalue weighted by Crippen LogP contribution is -2.33. The fourth-order valence-corrected chi connectivity index (χ4v) is 4.92. The number of amides is 2. The Labute approximate surface area is 134 Å². The topological polar surface area (TPSA) is 37.4 Å². The Kier molecular flexibility index (Phi) is 2.45. The number of allylic oxidation sites excluding steroid dienone is 2. The first-order chi connectivity index (χ1) is 11.2. The molecule has 1 heterocycles. The highest BCUT2D eigenvalue weighted by Gasteiger charge is 2.61. The van der Waals surface area contributed by atoms with E-state index in [1.807, 2.05) is 42.5 Å². The van der Waals surface area contributed by atoms with E-state index in [9.17, 15) is 9.59 Å². The maximum Gasteiger partial charge on any atom is 0.238 e. The average Bonchev–Trinajstić information content (AvgIpc) is 3.18. The molecule has 114 valence electrons. The van der Waals surface area contributed by atoms with Gasteiger partial charge in [0.1, 0.15) is 0 Å². The Hall–Kier alpha value is -2.42. The predicted octanol–water partition coefficient (Wildman–Crippen LogP) is 3.54. The number of rotatable bonds is 1. The van der Waals surface area contributed by atoms with Crippen molar-refractivity contribution in [3.63, 3.8) is 0 Å². The second kappa shape index (κ2) is 4.31. The molecule has 5 rings (SSSR count). The van der Waals surface area contributed by atoms with Crippen molar-refractivity contribution in [2.75, 3.05) is 4.90 Å². The third-order valence-corrected chi connectivity index (χ3v) is 5.89. The van der Waals surface area contributed by atoms with Gasteiger partial charge in [0, 0.05) is 5.39 Å². The minimum Gasteiger partial charge on any atom is -0.274 e. The van der Waals surface area contributed by atoms with Crippen LogP contribution in [-0.4, -0.2) is 11.8 Å². The van der Waals surface area contributed by atoms with E-state index >= 15 is 0 Å². The summed E-state index contributed by atoms with van der Waals surface area (Å²) >= 11 is 0. The largest absolute Gasteiger partial charge is 0.274 e. The molecule has 1 aliphatic heterocycles. The standard InChI is InChI=1S/C20H17NO2/c1-11-9-13-10-15(11)18-17(13)19(22)21(20(18)23)16-8-4-6-12-5-2-3-7-14(12)16/h2-9,13,15,17-18H,10H2,1H3/t13-,15+,17-,18+/m0/s1. The van der Waals surface area contributed by atoms with Crippen LogP contribution in [0.4, 0.5) is 5.69 Å². The van der Waals surface area contributed by atoms with Crippen LogP contribution in [0.3, 0.4) is 0 Å². The molecule has 4 atom stereocenters. The van der Waals surface area contributed by atoms with E-state index in [1.165, 1.54) is 10.5 Å². The molecule has 2 bridgehead atoms. The number of anilines is 1. The predicted molar refractivity (Wildman–Crippen MR) is 88.8 cm³/mol. The van der Waals surface area contributed by atoms with E-state index in [0.717, 1.165) is 22.9 Å². The van der Waals surface area contributed by atoms with Crippen LogP contribution in [0, 0.1) is 23.7 Å². The highest BCUT2D eigenvalue weighted by molar-refractivity contribution is 6.25. The van der Waals surface area contributed by atoms with Crippen molar-refractivity contribution in [1.29, 1.82) is 0 Å². The summed E-state index contributed by atoms with van der Waals surface area (Å²) in [4.78, 5) is 27.5. The Balaban J connectivity index is 1.65. The summed E-state index contributed by atoms with van der Waals surface area (Å²) in [6, 6.07) is 13.7. The lowest BCUT2D eigenvalue weighted by atomic mass is 9.82. The number of hydrogen-bond acceptors (Lipinski definition) is 2. The van der Waals surface area contributed by atoms with Gasteiger partial charge in [0.15, 0.2) is 0 Å². The Morgan fingerprint density at radius 3 is 2.57 bits per heavy atom. The average molecular weight is 303 g/mol. The number of imide groups is 1. The number of benzene rings is 2. The van der Waals surface area contributed by atoms with Gasteiger partial charge in [0.2, 0.25) is 11.8 Å². The molecular formula is C20H17NO2. The lowest BCUT2D eigenvalue weighted by Gasteiger charge is -2.20. The summed E-state index contributed by atoms with van der Waals surface area (Å²) in [6.07, 6.45) is 3.19. The van der Waals surface area contributed by atoms with Gasteiger partial charge in [-0.15, -0.1) is 0 Å². The third kappa shape index (κ3) is 1.55. The Bertz CT molecular complexity index is 892. The van der Waals surface area contributed by atoms with Gasteiger partial charge >= 0.3 is 0 Å². The SMILES string of the molecule is CC1=C[C@H]2C[C@H]1[C@H]1C(=O)N(c3cccc4ccccc34)C(=O)[C@H]12. The van der Waals surface area contributed by atoms with Crippen molar-refractivity contribution in [2.24, 2.45) is 23.7 Å². The molecule has 0 spiro atoms. The van der Waals surface area contributed by atoms with E-state index in [-0.39, 0.29) is 35.5 Å². The highest BCUT2D eigenvalue weighted by Crippen LogP contribution is 2.56. The smallest absolute Gasteiger partial charge is 0.238 e. The first-order valence-corrected chi connectivity index (χ1v) is 8.20. The van der Waals surface area contributed by atoms with E-state index in [2.05, 4.69) is 13.0 Å². The van der Waals surface area contributed by atoms with Crippen molar-refractivity contribution < 1.29 is 9.59 Å². The van der Waals surface area contributed by atoms with Gasteiger partial charge in [-0.2, -0.15) is 0 Å². The van der Waals surface area contributed by atoms with Crippen molar-refractivity contribution in [3.8, 4) is 0 Å². The molecular weight excluding hydrogens is 286 g/mol. The molecule has 0 unspecified atom stereocenters. The summed E-state index contributed by atoms with van der Waals surface area (Å²) < 4.78 is 0. The molecule has 0 aromatic heterocycles. The second-order valence-corrected chi connectivity index (χ2v) is 6.98. The molecule has 3 heteroatoms. The summed E-state index contributed by atoms with van der Waals surface area (Å²) in [5.74, 6) is 0.221. The molecule has 0 N–H and O–H groups in total. The van der Waals surface area contributed by atoms with E-state index in [4.69, 9.17) is 0 Å². The number of hydrogen-bond donors (Lipinski definition) is 0. The van der Waals surface area contributed by atoms with Gasteiger partial charge in [0.25, 0.3) is 0 Å². The summed E-state index contributed by atoms with van der Waals surface area (Å²) in [6.45, 7) is 2.10. The van der Waals surface area contributed by atoms with Crippen LogP contribution >= 0.6 is 0 Å². The first kappa shape index (κ1) is 13.1. The molecule has 0 radical (unpaired) electrons. The summed E-state index contributed by atoms with van der Waals surface area (Å²) in [7, 11) is 0. The van der Waals surface area contributed by atoms with Crippen LogP contribution < -0.4 is 4.90 Å². The van der Waals surface area contributed by atoms with Crippen LogP contribution in [0.2, 0.25) is 0 Å². The van der Waals surface area contributed by atoms with Crippen LogP contribution in [0.5, 0.6) is 0 Å². The first-order valence-electron chi connectivity index (χ1n) is 8.20. The maximum atomic E-state index is 13.1. The van der Waals surface area contributed by atoms with Crippen molar-refractivity contribution in [3.05, 3.63) is 54.1 Å². The van der Waals surface area contributed by atoms with Crippen molar-refractivity contribution in [1.82, 2.24) is 0 Å². The molecule has 3 nitrogen and oxygen atoms in total. The van der Waals surface area contributed by atoms with Crippen molar-refractivity contribution >= 4 is 28.3 Å². The molecule has 2 aromatic rings. The Morgan fingerprint density at radius 1 is 0.957 bits per heavy atom. The quantitative estimate of drug-likeness (QED) is 0.597. The fraction of sp³-hybridized carbons (Fsp3) is 0.300. The summed E-state index contributed by atoms with van der Waals surface area (Å²) in [5, 5.41) is 2.02. The molecule has 2 aromatic carbocycles. The molecule has 3 aliphatic rings. The van der Waals surface area contributed by atoms with Crippen LogP contribution in [-0.2, 0) is 9.59 Å². The molecule has 1 saturated heterocycles. The van der Waals surface area contributed by atoms with Crippen LogP contribution in [0.1, 0.15) is 13.3 Å². The monoisotopic (exact) mass is 303 g/mol. The number of carbonyl (C=O) groups excluding carboxylic acids is 2. The molecule has 2 fully saturated rings. The summed E-state index contributed by atoms with van der Waals surface area (Å²) in [5.41, 5.74) is 2.03. The fourth-order valence-electron chi connectivity index (χ4n) is 4.92. The normalized spacial score (nSPS) is 31.9. The molecule has 2 aliphatic carbocycles. The Morgan fingerprint density at radius 2 is 1.70 bits per heavy atom. The minimum atomic E-state index is -0.143. The molecule has 23 heavy (non-hydrogen) atoms. The number of nitrogens with zero attached hydrogens (tertiary/aromatic N) is 1. The maximum absolute atomic E-state index is 13.1. The van der Waals surface area contributed by atoms with Crippen LogP contribution in [0.15, 0.2) is 54.1 Å². The van der Waals surface area contributed by atoms with Gasteiger partial charge in [-0.25, -0.2) is 4.90 Å². The van der Waals surface area contributed by atoms with E-state index < -0.39 is 0 Å². The zero-order chi connectivity index (χ0) is 15.7.